The molecule has 6 nitrogen and oxygen atoms in total. The summed E-state index contributed by atoms with van der Waals surface area (Å²) in [6, 6.07) is 0. The van der Waals surface area contributed by atoms with E-state index < -0.39 is 14.7 Å². The maximum atomic E-state index is 11.7. The Labute approximate surface area is 81.0 Å². The van der Waals surface area contributed by atoms with E-state index in [0.29, 0.717) is 5.13 Å². The molecule has 0 amide bonds. The zero-order chi connectivity index (χ0) is 10.1. The molecule has 0 saturated carbocycles. The van der Waals surface area contributed by atoms with Crippen molar-refractivity contribution >= 4 is 26.6 Å². The average molecular weight is 221 g/mol. The van der Waals surface area contributed by atoms with E-state index in [0.717, 1.165) is 11.5 Å². The Hall–Kier alpha value is -0.760. The molecule has 0 aliphatic rings. The summed E-state index contributed by atoms with van der Waals surface area (Å²) in [6.45, 7) is 5.18. The molecule has 0 radical (unpaired) electrons. The lowest BCUT2D eigenvalue weighted by Gasteiger charge is -2.21. The Morgan fingerprint density at radius 3 is 2.54 bits per heavy atom. The van der Waals surface area contributed by atoms with Gasteiger partial charge in [-0.3, -0.25) is 4.72 Å². The molecule has 1 rings (SSSR count). The average Bonchev–Trinajstić information content (AvgIpc) is 2.35. The summed E-state index contributed by atoms with van der Waals surface area (Å²) in [7, 11) is -2.90. The van der Waals surface area contributed by atoms with Gasteiger partial charge in [0, 0.05) is 11.5 Å². The van der Waals surface area contributed by atoms with Crippen molar-refractivity contribution < 1.29 is 4.21 Å². The van der Waals surface area contributed by atoms with Gasteiger partial charge in [-0.2, -0.15) is 0 Å². The number of rotatable bonds is 2. The second-order valence-electron chi connectivity index (χ2n) is 3.44. The molecule has 1 unspecified atom stereocenters. The van der Waals surface area contributed by atoms with Gasteiger partial charge < -0.3 is 0 Å². The van der Waals surface area contributed by atoms with Crippen LogP contribution in [0.2, 0.25) is 0 Å². The van der Waals surface area contributed by atoms with Gasteiger partial charge in [-0.1, -0.05) is 9.59 Å². The molecule has 1 aromatic rings. The number of hydrogen-bond donors (Lipinski definition) is 2. The molecule has 0 saturated heterocycles. The number of aromatic nitrogens is 3. The first-order valence-corrected chi connectivity index (χ1v) is 5.87. The molecule has 2 N–H and O–H groups in total. The summed E-state index contributed by atoms with van der Waals surface area (Å²) < 4.78 is 24.7. The van der Waals surface area contributed by atoms with E-state index in [1.165, 1.54) is 0 Å². The Morgan fingerprint density at radius 1 is 1.54 bits per heavy atom. The zero-order valence-electron chi connectivity index (χ0n) is 7.57. The topological polar surface area (TPSA) is 91.6 Å². The van der Waals surface area contributed by atoms with Crippen molar-refractivity contribution in [3.05, 3.63) is 0 Å². The maximum absolute atomic E-state index is 11.7. The highest BCUT2D eigenvalue weighted by Crippen LogP contribution is 2.19. The minimum absolute atomic E-state index is 0.315. The quantitative estimate of drug-likeness (QED) is 0.782. The van der Waals surface area contributed by atoms with Crippen LogP contribution in [0.3, 0.4) is 0 Å². The van der Waals surface area contributed by atoms with Crippen LogP contribution in [0.4, 0.5) is 5.13 Å². The second kappa shape index (κ2) is 3.18. The van der Waals surface area contributed by atoms with Crippen molar-refractivity contribution in [1.82, 2.24) is 14.8 Å². The minimum Gasteiger partial charge on any atom is -0.271 e. The van der Waals surface area contributed by atoms with Crippen LogP contribution in [0.25, 0.3) is 0 Å². The van der Waals surface area contributed by atoms with Gasteiger partial charge in [-0.15, -0.1) is 0 Å². The molecule has 0 aliphatic heterocycles. The first kappa shape index (κ1) is 10.3. The molecule has 1 atom stereocenters. The number of anilines is 1. The first-order chi connectivity index (χ1) is 5.83. The lowest BCUT2D eigenvalue weighted by molar-refractivity contribution is 0.642. The highest BCUT2D eigenvalue weighted by Gasteiger charge is 2.25. The Balaban J connectivity index is 2.87. The molecular formula is C5H11N5OS2. The van der Waals surface area contributed by atoms with Gasteiger partial charge in [0.1, 0.15) is 9.92 Å². The lowest BCUT2D eigenvalue weighted by atomic mass is 10.3. The number of nitrogens with one attached hydrogen (secondary N) is 2. The van der Waals surface area contributed by atoms with Gasteiger partial charge in [0.15, 0.2) is 0 Å². The number of nitrogens with zero attached hydrogens (tertiary/aromatic N) is 3. The van der Waals surface area contributed by atoms with Gasteiger partial charge in [0.2, 0.25) is 5.13 Å². The smallest absolute Gasteiger partial charge is 0.237 e. The van der Waals surface area contributed by atoms with Crippen molar-refractivity contribution in [2.45, 2.75) is 25.5 Å². The van der Waals surface area contributed by atoms with Crippen molar-refractivity contribution in [3.8, 4) is 0 Å². The predicted molar refractivity (Wildman–Crippen MR) is 51.9 cm³/mol. The summed E-state index contributed by atoms with van der Waals surface area (Å²) in [4.78, 5) is 0. The number of hydrogen-bond acceptors (Lipinski definition) is 6. The third kappa shape index (κ3) is 2.34. The Bertz CT molecular complexity index is 362. The van der Waals surface area contributed by atoms with E-state index in [4.69, 9.17) is 4.78 Å². The normalized spacial score (nSPS) is 16.5. The van der Waals surface area contributed by atoms with Crippen LogP contribution in [0.5, 0.6) is 0 Å². The van der Waals surface area contributed by atoms with Gasteiger partial charge >= 0.3 is 0 Å². The van der Waals surface area contributed by atoms with E-state index >= 15 is 0 Å². The van der Waals surface area contributed by atoms with E-state index in [1.54, 1.807) is 20.8 Å². The second-order valence-corrected chi connectivity index (χ2v) is 6.71. The standard InChI is InChI=1S/C5H11N5OS2/c1-5(2,3)13(6,11)8-4-7-9-10-12-4/h1-3H3,(H2,6,7,8,10,11). The fourth-order valence-electron chi connectivity index (χ4n) is 0.449. The zero-order valence-corrected chi connectivity index (χ0v) is 9.20. The summed E-state index contributed by atoms with van der Waals surface area (Å²) in [5.41, 5.74) is 0. The molecular weight excluding hydrogens is 210 g/mol. The molecule has 13 heavy (non-hydrogen) atoms. The van der Waals surface area contributed by atoms with E-state index in [-0.39, 0.29) is 0 Å². The molecule has 0 aromatic carbocycles. The third-order valence-electron chi connectivity index (χ3n) is 1.39. The summed E-state index contributed by atoms with van der Waals surface area (Å²) in [5.74, 6) is 0. The highest BCUT2D eigenvalue weighted by atomic mass is 32.2. The lowest BCUT2D eigenvalue weighted by Crippen LogP contribution is -2.32. The SMILES string of the molecule is CC(C)(C)S(=N)(=O)Nc1nnns1. The van der Waals surface area contributed by atoms with Gasteiger partial charge in [0.25, 0.3) is 0 Å². The Morgan fingerprint density at radius 2 is 2.15 bits per heavy atom. The molecule has 1 heterocycles. The molecule has 0 bridgehead atoms. The summed E-state index contributed by atoms with van der Waals surface area (Å²) in [5, 5.41) is 7.21. The maximum Gasteiger partial charge on any atom is 0.237 e. The summed E-state index contributed by atoms with van der Waals surface area (Å²) >= 11 is 0.983. The molecule has 0 aliphatic carbocycles. The molecule has 74 valence electrons. The van der Waals surface area contributed by atoms with Crippen molar-refractivity contribution in [1.29, 1.82) is 4.78 Å². The fourth-order valence-corrected chi connectivity index (χ4v) is 1.77. The monoisotopic (exact) mass is 221 g/mol. The van der Waals surface area contributed by atoms with Gasteiger partial charge in [0.05, 0.1) is 4.75 Å². The molecule has 0 spiro atoms. The highest BCUT2D eigenvalue weighted by molar-refractivity contribution is 7.95. The van der Waals surface area contributed by atoms with Gasteiger partial charge in [-0.05, 0) is 26.0 Å². The van der Waals surface area contributed by atoms with Crippen LogP contribution in [-0.4, -0.2) is 23.8 Å². The van der Waals surface area contributed by atoms with Crippen molar-refractivity contribution in [2.75, 3.05) is 4.72 Å². The molecule has 0 fully saturated rings. The van der Waals surface area contributed by atoms with Gasteiger partial charge in [-0.25, -0.2) is 8.99 Å². The molecule has 1 aromatic heterocycles. The minimum atomic E-state index is -2.90. The molecule has 8 heteroatoms. The van der Waals surface area contributed by atoms with Crippen LogP contribution in [-0.2, 0) is 9.92 Å². The van der Waals surface area contributed by atoms with E-state index in [9.17, 15) is 4.21 Å². The first-order valence-electron chi connectivity index (χ1n) is 3.54. The van der Waals surface area contributed by atoms with E-state index in [2.05, 4.69) is 19.5 Å². The van der Waals surface area contributed by atoms with Crippen LogP contribution in [0, 0.1) is 4.78 Å². The Kier molecular flexibility index (Phi) is 2.53. The third-order valence-corrected chi connectivity index (χ3v) is 4.24. The van der Waals surface area contributed by atoms with Crippen molar-refractivity contribution in [2.24, 2.45) is 0 Å². The fraction of sp³-hybridized carbons (Fsp3) is 0.800. The summed E-state index contributed by atoms with van der Waals surface area (Å²) in [6.07, 6.45) is 0. The van der Waals surface area contributed by atoms with Crippen LogP contribution < -0.4 is 4.72 Å². The van der Waals surface area contributed by atoms with E-state index in [1.807, 2.05) is 0 Å². The van der Waals surface area contributed by atoms with Crippen molar-refractivity contribution in [3.63, 3.8) is 0 Å². The predicted octanol–water partition coefficient (Wildman–Crippen LogP) is 1.11. The van der Waals surface area contributed by atoms with Crippen LogP contribution in [0.1, 0.15) is 20.8 Å². The largest absolute Gasteiger partial charge is 0.271 e. The van der Waals surface area contributed by atoms with Crippen LogP contribution in [0.15, 0.2) is 0 Å². The van der Waals surface area contributed by atoms with Crippen LogP contribution >= 0.6 is 11.5 Å².